The number of para-hydroxylation sites is 1. The predicted molar refractivity (Wildman–Crippen MR) is 134 cm³/mol. The molecule has 4 aromatic carbocycles. The highest BCUT2D eigenvalue weighted by molar-refractivity contribution is 6.01. The van der Waals surface area contributed by atoms with Gasteiger partial charge in [-0.25, -0.2) is 4.98 Å². The van der Waals surface area contributed by atoms with E-state index in [9.17, 15) is 0 Å². The molecule has 1 aliphatic rings. The number of nitrogens with zero attached hydrogens (tertiary/aromatic N) is 2. The van der Waals surface area contributed by atoms with Gasteiger partial charge in [0.15, 0.2) is 0 Å². The van der Waals surface area contributed by atoms with Gasteiger partial charge in [-0.1, -0.05) is 78.9 Å². The summed E-state index contributed by atoms with van der Waals surface area (Å²) in [5, 5.41) is 0. The van der Waals surface area contributed by atoms with Crippen LogP contribution in [-0.4, -0.2) is 9.55 Å². The van der Waals surface area contributed by atoms with Gasteiger partial charge in [0.1, 0.15) is 5.82 Å². The van der Waals surface area contributed by atoms with E-state index >= 15 is 0 Å². The number of hydrogen-bond donors (Lipinski definition) is 0. The molecule has 0 fully saturated rings. The van der Waals surface area contributed by atoms with Crippen LogP contribution in [0.1, 0.15) is 30.8 Å². The molecule has 1 aromatic heterocycles. The summed E-state index contributed by atoms with van der Waals surface area (Å²) in [7, 11) is 0. The minimum Gasteiger partial charge on any atom is -0.318 e. The van der Waals surface area contributed by atoms with E-state index in [2.05, 4.69) is 117 Å². The molecule has 0 amide bonds. The van der Waals surface area contributed by atoms with E-state index in [1.807, 2.05) is 0 Å². The Hall–Kier alpha value is -3.65. The summed E-state index contributed by atoms with van der Waals surface area (Å²) in [6.07, 6.45) is 0. The summed E-state index contributed by atoms with van der Waals surface area (Å²) in [6, 6.07) is 30.8. The first-order chi connectivity index (χ1) is 15.5. The third kappa shape index (κ3) is 2.50. The maximum atomic E-state index is 5.01. The lowest BCUT2D eigenvalue weighted by atomic mass is 9.80. The summed E-state index contributed by atoms with van der Waals surface area (Å²) in [4.78, 5) is 5.01. The van der Waals surface area contributed by atoms with Crippen LogP contribution >= 0.6 is 0 Å². The Balaban J connectivity index is 1.92. The zero-order chi connectivity index (χ0) is 22.0. The van der Waals surface area contributed by atoms with Crippen LogP contribution in [0, 0.1) is 13.8 Å². The molecule has 1 aliphatic heterocycles. The Morgan fingerprint density at radius 1 is 0.594 bits per heavy atom. The van der Waals surface area contributed by atoms with E-state index < -0.39 is 0 Å². The van der Waals surface area contributed by atoms with Gasteiger partial charge in [-0.2, -0.15) is 0 Å². The molecule has 0 aliphatic carbocycles. The number of imidazole rings is 1. The van der Waals surface area contributed by atoms with Gasteiger partial charge in [0.05, 0.1) is 16.6 Å². The van der Waals surface area contributed by atoms with Gasteiger partial charge in [0, 0.05) is 5.56 Å². The molecule has 2 heterocycles. The number of fused-ring (bicyclic) bond motifs is 6. The highest BCUT2D eigenvalue weighted by atomic mass is 15.1. The largest absolute Gasteiger partial charge is 0.318 e. The molecule has 0 radical (unpaired) electrons. The van der Waals surface area contributed by atoms with Crippen LogP contribution < -0.4 is 0 Å². The molecular weight excluding hydrogens is 388 g/mol. The summed E-state index contributed by atoms with van der Waals surface area (Å²) < 4.78 is 2.45. The number of aromatic nitrogens is 2. The molecule has 0 unspecified atom stereocenters. The Kier molecular flexibility index (Phi) is 3.98. The van der Waals surface area contributed by atoms with Crippen LogP contribution in [0.5, 0.6) is 0 Å². The highest BCUT2D eigenvalue weighted by Crippen LogP contribution is 2.47. The first-order valence-electron chi connectivity index (χ1n) is 11.3. The topological polar surface area (TPSA) is 17.8 Å². The van der Waals surface area contributed by atoms with E-state index in [1.165, 1.54) is 50.0 Å². The second kappa shape index (κ2) is 6.67. The van der Waals surface area contributed by atoms with Gasteiger partial charge < -0.3 is 4.57 Å². The highest BCUT2D eigenvalue weighted by Gasteiger charge is 2.33. The van der Waals surface area contributed by atoms with Crippen molar-refractivity contribution in [3.05, 3.63) is 102 Å². The van der Waals surface area contributed by atoms with Gasteiger partial charge in [0.25, 0.3) is 0 Å². The average Bonchev–Trinajstić information content (AvgIpc) is 3.15. The Bertz CT molecular complexity index is 1520. The smallest absolute Gasteiger partial charge is 0.107 e. The maximum Gasteiger partial charge on any atom is 0.107 e. The molecule has 0 atom stereocenters. The molecule has 5 aromatic rings. The molecule has 2 nitrogen and oxygen atoms in total. The van der Waals surface area contributed by atoms with Crippen molar-refractivity contribution in [2.24, 2.45) is 0 Å². The van der Waals surface area contributed by atoms with Gasteiger partial charge in [0.2, 0.25) is 0 Å². The zero-order valence-electron chi connectivity index (χ0n) is 19.0. The fourth-order valence-electron chi connectivity index (χ4n) is 5.87. The summed E-state index contributed by atoms with van der Waals surface area (Å²) in [5.74, 6) is 1.04. The van der Waals surface area contributed by atoms with Crippen molar-refractivity contribution in [3.8, 4) is 33.4 Å². The van der Waals surface area contributed by atoms with Crippen molar-refractivity contribution in [3.63, 3.8) is 0 Å². The molecule has 0 N–H and O–H groups in total. The maximum absolute atomic E-state index is 5.01. The van der Waals surface area contributed by atoms with Gasteiger partial charge in [-0.05, 0) is 72.7 Å². The minimum absolute atomic E-state index is 0.283. The molecule has 0 saturated carbocycles. The van der Waals surface area contributed by atoms with Crippen LogP contribution in [-0.2, 0) is 5.54 Å². The number of rotatable bonds is 0. The van der Waals surface area contributed by atoms with Crippen molar-refractivity contribution in [2.45, 2.75) is 33.2 Å². The van der Waals surface area contributed by atoms with Crippen molar-refractivity contribution in [1.82, 2.24) is 9.55 Å². The zero-order valence-corrected chi connectivity index (χ0v) is 19.0. The number of benzene rings is 4. The Labute approximate surface area is 189 Å². The molecule has 2 heteroatoms. The van der Waals surface area contributed by atoms with E-state index in [-0.39, 0.29) is 5.54 Å². The van der Waals surface area contributed by atoms with Crippen molar-refractivity contribution < 1.29 is 0 Å². The minimum atomic E-state index is -0.283. The second-order valence-corrected chi connectivity index (χ2v) is 9.32. The van der Waals surface area contributed by atoms with Gasteiger partial charge >= 0.3 is 0 Å². The van der Waals surface area contributed by atoms with Crippen LogP contribution in [0.3, 0.4) is 0 Å². The third-order valence-corrected chi connectivity index (χ3v) is 7.01. The lowest BCUT2D eigenvalue weighted by Crippen LogP contribution is -2.31. The quantitative estimate of drug-likeness (QED) is 0.253. The summed E-state index contributed by atoms with van der Waals surface area (Å²) in [5.41, 5.74) is 12.2. The van der Waals surface area contributed by atoms with Gasteiger partial charge in [-0.3, -0.25) is 0 Å². The second-order valence-electron chi connectivity index (χ2n) is 9.32. The first-order valence-corrected chi connectivity index (χ1v) is 11.3. The van der Waals surface area contributed by atoms with Crippen molar-refractivity contribution in [2.75, 3.05) is 0 Å². The lowest BCUT2D eigenvalue weighted by molar-refractivity contribution is 0.438. The Morgan fingerprint density at radius 2 is 1.09 bits per heavy atom. The fraction of sp³-hybridized carbons (Fsp3) is 0.167. The first kappa shape index (κ1) is 19.1. The van der Waals surface area contributed by atoms with E-state index in [0.29, 0.717) is 0 Å². The Morgan fingerprint density at radius 3 is 1.75 bits per heavy atom. The number of hydrogen-bond acceptors (Lipinski definition) is 1. The monoisotopic (exact) mass is 414 g/mol. The van der Waals surface area contributed by atoms with Gasteiger partial charge in [-0.15, -0.1) is 0 Å². The summed E-state index contributed by atoms with van der Waals surface area (Å²) >= 11 is 0. The van der Waals surface area contributed by atoms with Crippen molar-refractivity contribution >= 4 is 11.0 Å². The normalized spacial score (nSPS) is 13.9. The molecule has 0 bridgehead atoms. The van der Waals surface area contributed by atoms with E-state index in [1.54, 1.807) is 0 Å². The SMILES string of the molecule is Cc1cccc2c1C(C)(C)n1c(C)nc3cccc(c31)-c1ccccc1-c1ccccc1-2. The molecule has 0 saturated heterocycles. The van der Waals surface area contributed by atoms with Crippen LogP contribution in [0.15, 0.2) is 84.9 Å². The molecule has 156 valence electrons. The van der Waals surface area contributed by atoms with Crippen LogP contribution in [0.2, 0.25) is 0 Å². The van der Waals surface area contributed by atoms with Crippen molar-refractivity contribution in [1.29, 1.82) is 0 Å². The number of aryl methyl sites for hydroxylation is 2. The lowest BCUT2D eigenvalue weighted by Gasteiger charge is -2.35. The van der Waals surface area contributed by atoms with E-state index in [4.69, 9.17) is 4.98 Å². The molecule has 0 spiro atoms. The van der Waals surface area contributed by atoms with Crippen LogP contribution in [0.4, 0.5) is 0 Å². The predicted octanol–water partition coefficient (Wildman–Crippen LogP) is 7.75. The third-order valence-electron chi connectivity index (χ3n) is 7.01. The summed E-state index contributed by atoms with van der Waals surface area (Å²) in [6.45, 7) is 9.03. The average molecular weight is 415 g/mol. The molecule has 32 heavy (non-hydrogen) atoms. The van der Waals surface area contributed by atoms with Crippen LogP contribution in [0.25, 0.3) is 44.4 Å². The fourth-order valence-corrected chi connectivity index (χ4v) is 5.87. The standard InChI is InChI=1S/C30H26N2/c1-19-11-9-16-25-23-14-7-5-12-21(23)22-13-6-8-15-24(22)26-17-10-18-27-29(26)32(20(2)31-27)30(3,4)28(19)25/h5-18H,1-4H3. The molecule has 6 rings (SSSR count). The molecular formula is C30H26N2. The van der Waals surface area contributed by atoms with E-state index in [0.717, 1.165) is 11.3 Å².